The summed E-state index contributed by atoms with van der Waals surface area (Å²) in [6.07, 6.45) is 0.178. The Bertz CT molecular complexity index is 833. The smallest absolute Gasteiger partial charge is 0.253 e. The first kappa shape index (κ1) is 17.7. The van der Waals surface area contributed by atoms with Gasteiger partial charge in [-0.3, -0.25) is 14.4 Å². The maximum atomic E-state index is 12.6. The van der Waals surface area contributed by atoms with Gasteiger partial charge in [0.1, 0.15) is 0 Å². The zero-order valence-corrected chi connectivity index (χ0v) is 14.8. The summed E-state index contributed by atoms with van der Waals surface area (Å²) in [6, 6.07) is 16.1. The lowest BCUT2D eigenvalue weighted by Gasteiger charge is -2.16. The summed E-state index contributed by atoms with van der Waals surface area (Å²) in [7, 11) is 3.35. The van der Waals surface area contributed by atoms with Gasteiger partial charge in [-0.1, -0.05) is 24.3 Å². The Hall–Kier alpha value is -3.15. The standard InChI is InChI=1S/C20H21N3O3/c1-22(2)20(26)14-7-6-8-16(11-14)21-19(25)15-12-18(24)23(13-15)17-9-4-3-5-10-17/h3-11,15H,12-13H2,1-2H3,(H,21,25). The molecule has 1 saturated heterocycles. The van der Waals surface area contributed by atoms with Crippen LogP contribution in [0.1, 0.15) is 16.8 Å². The molecule has 6 nitrogen and oxygen atoms in total. The van der Waals surface area contributed by atoms with Crippen LogP contribution in [0.2, 0.25) is 0 Å². The van der Waals surface area contributed by atoms with Crippen LogP contribution in [0.15, 0.2) is 54.6 Å². The SMILES string of the molecule is CN(C)C(=O)c1cccc(NC(=O)C2CC(=O)N(c3ccccc3)C2)c1. The number of carbonyl (C=O) groups is 3. The number of anilines is 2. The topological polar surface area (TPSA) is 69.7 Å². The third kappa shape index (κ3) is 3.74. The van der Waals surface area contributed by atoms with E-state index in [1.54, 1.807) is 43.3 Å². The average molecular weight is 351 g/mol. The zero-order valence-electron chi connectivity index (χ0n) is 14.8. The van der Waals surface area contributed by atoms with Crippen molar-refractivity contribution in [3.8, 4) is 0 Å². The summed E-state index contributed by atoms with van der Waals surface area (Å²) in [4.78, 5) is 40.0. The summed E-state index contributed by atoms with van der Waals surface area (Å²) < 4.78 is 0. The number of para-hydroxylation sites is 1. The zero-order chi connectivity index (χ0) is 18.7. The van der Waals surface area contributed by atoms with Gasteiger partial charge in [0.05, 0.1) is 5.92 Å². The highest BCUT2D eigenvalue weighted by atomic mass is 16.2. The molecular formula is C20H21N3O3. The van der Waals surface area contributed by atoms with Gasteiger partial charge in [0.15, 0.2) is 0 Å². The van der Waals surface area contributed by atoms with E-state index >= 15 is 0 Å². The summed E-state index contributed by atoms with van der Waals surface area (Å²) in [6.45, 7) is 0.352. The van der Waals surface area contributed by atoms with Crippen LogP contribution in [0.5, 0.6) is 0 Å². The molecule has 3 amide bonds. The Kier molecular flexibility index (Phi) is 5.02. The highest BCUT2D eigenvalue weighted by molar-refractivity contribution is 6.04. The number of hydrogen-bond donors (Lipinski definition) is 1. The largest absolute Gasteiger partial charge is 0.345 e. The number of hydrogen-bond acceptors (Lipinski definition) is 3. The maximum Gasteiger partial charge on any atom is 0.253 e. The minimum atomic E-state index is -0.420. The normalized spacial score (nSPS) is 16.5. The molecule has 0 aromatic heterocycles. The molecule has 0 radical (unpaired) electrons. The molecule has 0 saturated carbocycles. The number of benzene rings is 2. The summed E-state index contributed by atoms with van der Waals surface area (Å²) in [5.41, 5.74) is 1.85. The highest BCUT2D eigenvalue weighted by Crippen LogP contribution is 2.26. The minimum Gasteiger partial charge on any atom is -0.345 e. The van der Waals surface area contributed by atoms with Crippen LogP contribution in [-0.2, 0) is 9.59 Å². The van der Waals surface area contributed by atoms with Crippen LogP contribution in [0, 0.1) is 5.92 Å². The molecule has 1 aliphatic heterocycles. The van der Waals surface area contributed by atoms with E-state index in [9.17, 15) is 14.4 Å². The maximum absolute atomic E-state index is 12.6. The van der Waals surface area contributed by atoms with E-state index in [0.29, 0.717) is 17.8 Å². The molecular weight excluding hydrogens is 330 g/mol. The van der Waals surface area contributed by atoms with Gasteiger partial charge in [0.2, 0.25) is 11.8 Å². The van der Waals surface area contributed by atoms with Crippen molar-refractivity contribution in [2.45, 2.75) is 6.42 Å². The first-order chi connectivity index (χ1) is 12.5. The monoisotopic (exact) mass is 351 g/mol. The third-order valence-corrected chi connectivity index (χ3v) is 4.35. The van der Waals surface area contributed by atoms with Crippen LogP contribution in [-0.4, -0.2) is 43.3 Å². The molecule has 1 unspecified atom stereocenters. The second-order valence-electron chi connectivity index (χ2n) is 6.51. The molecule has 0 aliphatic carbocycles. The average Bonchev–Trinajstić information content (AvgIpc) is 3.04. The second kappa shape index (κ2) is 7.39. The van der Waals surface area contributed by atoms with E-state index in [2.05, 4.69) is 5.32 Å². The van der Waals surface area contributed by atoms with Crippen molar-refractivity contribution in [3.05, 3.63) is 60.2 Å². The Balaban J connectivity index is 1.69. The van der Waals surface area contributed by atoms with E-state index in [-0.39, 0.29) is 24.1 Å². The highest BCUT2D eigenvalue weighted by Gasteiger charge is 2.35. The fraction of sp³-hybridized carbons (Fsp3) is 0.250. The van der Waals surface area contributed by atoms with Gasteiger partial charge in [0.25, 0.3) is 5.91 Å². The fourth-order valence-electron chi connectivity index (χ4n) is 2.97. The van der Waals surface area contributed by atoms with E-state index in [0.717, 1.165) is 5.69 Å². The van der Waals surface area contributed by atoms with Crippen LogP contribution in [0.3, 0.4) is 0 Å². The van der Waals surface area contributed by atoms with Crippen LogP contribution in [0.25, 0.3) is 0 Å². The number of nitrogens with one attached hydrogen (secondary N) is 1. The molecule has 134 valence electrons. The minimum absolute atomic E-state index is 0.0621. The lowest BCUT2D eigenvalue weighted by atomic mass is 10.1. The number of amides is 3. The second-order valence-corrected chi connectivity index (χ2v) is 6.51. The van der Waals surface area contributed by atoms with Gasteiger partial charge in [0, 0.05) is 44.0 Å². The van der Waals surface area contributed by atoms with Crippen LogP contribution < -0.4 is 10.2 Å². The quantitative estimate of drug-likeness (QED) is 0.919. The molecule has 6 heteroatoms. The molecule has 26 heavy (non-hydrogen) atoms. The van der Waals surface area contributed by atoms with E-state index in [4.69, 9.17) is 0 Å². The summed E-state index contributed by atoms with van der Waals surface area (Å²) in [5, 5.41) is 2.82. The predicted molar refractivity (Wildman–Crippen MR) is 100.0 cm³/mol. The first-order valence-corrected chi connectivity index (χ1v) is 8.43. The first-order valence-electron chi connectivity index (χ1n) is 8.43. The molecule has 0 bridgehead atoms. The molecule has 3 rings (SSSR count). The molecule has 2 aromatic carbocycles. The molecule has 1 atom stereocenters. The van der Waals surface area contributed by atoms with Crippen molar-refractivity contribution >= 4 is 29.1 Å². The summed E-state index contributed by atoms with van der Waals surface area (Å²) in [5.74, 6) is -0.831. The van der Waals surface area contributed by atoms with Crippen molar-refractivity contribution in [2.24, 2.45) is 5.92 Å². The Morgan fingerprint density at radius 2 is 1.81 bits per heavy atom. The van der Waals surface area contributed by atoms with E-state index in [1.165, 1.54) is 4.90 Å². The molecule has 1 heterocycles. The summed E-state index contributed by atoms with van der Waals surface area (Å²) >= 11 is 0. The third-order valence-electron chi connectivity index (χ3n) is 4.35. The number of rotatable bonds is 4. The predicted octanol–water partition coefficient (Wildman–Crippen LogP) is 2.38. The van der Waals surface area contributed by atoms with Crippen molar-refractivity contribution < 1.29 is 14.4 Å². The molecule has 1 aliphatic rings. The van der Waals surface area contributed by atoms with Gasteiger partial charge >= 0.3 is 0 Å². The lowest BCUT2D eigenvalue weighted by Crippen LogP contribution is -2.28. The van der Waals surface area contributed by atoms with Crippen molar-refractivity contribution in [3.63, 3.8) is 0 Å². The van der Waals surface area contributed by atoms with Gasteiger partial charge in [-0.25, -0.2) is 0 Å². The molecule has 1 N–H and O–H groups in total. The molecule has 1 fully saturated rings. The Morgan fingerprint density at radius 3 is 2.50 bits per heavy atom. The lowest BCUT2D eigenvalue weighted by molar-refractivity contribution is -0.122. The number of nitrogens with zero attached hydrogens (tertiary/aromatic N) is 2. The Labute approximate surface area is 152 Å². The van der Waals surface area contributed by atoms with E-state index in [1.807, 2.05) is 30.3 Å². The van der Waals surface area contributed by atoms with Gasteiger partial charge < -0.3 is 15.1 Å². The van der Waals surface area contributed by atoms with Crippen molar-refractivity contribution in [1.29, 1.82) is 0 Å². The van der Waals surface area contributed by atoms with Crippen molar-refractivity contribution in [1.82, 2.24) is 4.90 Å². The number of carbonyl (C=O) groups excluding carboxylic acids is 3. The van der Waals surface area contributed by atoms with Gasteiger partial charge in [-0.15, -0.1) is 0 Å². The molecule has 2 aromatic rings. The van der Waals surface area contributed by atoms with Crippen LogP contribution in [0.4, 0.5) is 11.4 Å². The van der Waals surface area contributed by atoms with Crippen molar-refractivity contribution in [2.75, 3.05) is 30.9 Å². The van der Waals surface area contributed by atoms with Gasteiger partial charge in [-0.2, -0.15) is 0 Å². The molecule has 0 spiro atoms. The Morgan fingerprint density at radius 1 is 1.08 bits per heavy atom. The van der Waals surface area contributed by atoms with E-state index < -0.39 is 5.92 Å². The fourth-order valence-corrected chi connectivity index (χ4v) is 2.97. The van der Waals surface area contributed by atoms with Crippen LogP contribution >= 0.6 is 0 Å². The van der Waals surface area contributed by atoms with Gasteiger partial charge in [-0.05, 0) is 30.3 Å².